The van der Waals surface area contributed by atoms with E-state index in [9.17, 15) is 9.59 Å². The number of benzene rings is 3. The topological polar surface area (TPSA) is 67.4 Å². The molecule has 0 radical (unpaired) electrons. The third-order valence-corrected chi connectivity index (χ3v) is 4.54. The molecular formula is C22H18Cl2N2O3. The minimum Gasteiger partial charge on any atom is -0.492 e. The number of halogens is 2. The molecule has 0 aliphatic rings. The number of carbonyl (C=O) groups excluding carboxylic acids is 2. The zero-order valence-corrected chi connectivity index (χ0v) is 17.1. The highest BCUT2D eigenvalue weighted by atomic mass is 35.5. The Morgan fingerprint density at radius 2 is 1.69 bits per heavy atom. The number of amides is 2. The number of hydrogen-bond donors (Lipinski definition) is 2. The van der Waals surface area contributed by atoms with Gasteiger partial charge in [-0.1, -0.05) is 41.4 Å². The molecule has 5 nitrogen and oxygen atoms in total. The van der Waals surface area contributed by atoms with E-state index in [2.05, 4.69) is 10.6 Å². The minimum atomic E-state index is -0.397. The van der Waals surface area contributed by atoms with E-state index in [0.29, 0.717) is 34.3 Å². The van der Waals surface area contributed by atoms with Crippen LogP contribution in [0.2, 0.25) is 10.0 Å². The van der Waals surface area contributed by atoms with Crippen molar-refractivity contribution in [3.8, 4) is 5.75 Å². The van der Waals surface area contributed by atoms with E-state index in [1.54, 1.807) is 48.5 Å². The third kappa shape index (κ3) is 5.28. The van der Waals surface area contributed by atoms with Gasteiger partial charge in [-0.05, 0) is 55.5 Å². The molecule has 0 unspecified atom stereocenters. The fourth-order valence-electron chi connectivity index (χ4n) is 2.66. The molecule has 3 aromatic carbocycles. The quantitative estimate of drug-likeness (QED) is 0.513. The average Bonchev–Trinajstić information content (AvgIpc) is 2.69. The highest BCUT2D eigenvalue weighted by Gasteiger charge is 2.13. The summed E-state index contributed by atoms with van der Waals surface area (Å²) in [6.07, 6.45) is 0. The van der Waals surface area contributed by atoms with Crippen molar-refractivity contribution in [1.82, 2.24) is 0 Å². The molecule has 3 aromatic rings. The first-order chi connectivity index (χ1) is 14.0. The number of rotatable bonds is 6. The second-order valence-corrected chi connectivity index (χ2v) is 6.89. The van der Waals surface area contributed by atoms with Gasteiger partial charge >= 0.3 is 0 Å². The van der Waals surface area contributed by atoms with Crippen LogP contribution in [0.4, 0.5) is 11.4 Å². The van der Waals surface area contributed by atoms with E-state index in [1.807, 2.05) is 19.1 Å². The summed E-state index contributed by atoms with van der Waals surface area (Å²) in [5.41, 5.74) is 1.71. The normalized spacial score (nSPS) is 10.3. The maximum Gasteiger partial charge on any atom is 0.257 e. The number of para-hydroxylation sites is 2. The molecule has 148 valence electrons. The van der Waals surface area contributed by atoms with Crippen molar-refractivity contribution in [2.24, 2.45) is 0 Å². The van der Waals surface area contributed by atoms with Crippen LogP contribution in [0.5, 0.6) is 5.75 Å². The van der Waals surface area contributed by atoms with Crippen molar-refractivity contribution in [3.05, 3.63) is 87.9 Å². The number of hydrogen-bond acceptors (Lipinski definition) is 3. The molecule has 3 rings (SSSR count). The molecule has 0 saturated heterocycles. The van der Waals surface area contributed by atoms with Gasteiger partial charge in [0.25, 0.3) is 11.8 Å². The van der Waals surface area contributed by atoms with Crippen LogP contribution in [0, 0.1) is 0 Å². The largest absolute Gasteiger partial charge is 0.492 e. The molecule has 0 fully saturated rings. The molecule has 0 saturated carbocycles. The molecule has 0 heterocycles. The smallest absolute Gasteiger partial charge is 0.257 e. The van der Waals surface area contributed by atoms with Crippen molar-refractivity contribution in [2.45, 2.75) is 6.92 Å². The molecule has 2 amide bonds. The first kappa shape index (κ1) is 20.7. The van der Waals surface area contributed by atoms with Crippen LogP contribution in [-0.2, 0) is 0 Å². The van der Waals surface area contributed by atoms with Gasteiger partial charge in [0.05, 0.1) is 22.9 Å². The van der Waals surface area contributed by atoms with Crippen LogP contribution in [0.3, 0.4) is 0 Å². The van der Waals surface area contributed by atoms with Gasteiger partial charge in [-0.15, -0.1) is 0 Å². The average molecular weight is 429 g/mol. The molecule has 0 atom stereocenters. The zero-order chi connectivity index (χ0) is 20.8. The minimum absolute atomic E-state index is 0.247. The molecule has 0 aliphatic heterocycles. The van der Waals surface area contributed by atoms with Gasteiger partial charge in [-0.25, -0.2) is 0 Å². The van der Waals surface area contributed by atoms with E-state index in [-0.39, 0.29) is 16.5 Å². The van der Waals surface area contributed by atoms with E-state index >= 15 is 0 Å². The van der Waals surface area contributed by atoms with Gasteiger partial charge in [0, 0.05) is 16.3 Å². The highest BCUT2D eigenvalue weighted by Crippen LogP contribution is 2.25. The molecule has 0 aromatic heterocycles. The number of anilines is 2. The number of carbonyl (C=O) groups is 2. The lowest BCUT2D eigenvalue weighted by molar-refractivity contribution is 0.101. The highest BCUT2D eigenvalue weighted by molar-refractivity contribution is 6.37. The Kier molecular flexibility index (Phi) is 6.75. The lowest BCUT2D eigenvalue weighted by Gasteiger charge is -2.12. The summed E-state index contributed by atoms with van der Waals surface area (Å²) < 4.78 is 5.53. The predicted molar refractivity (Wildman–Crippen MR) is 116 cm³/mol. The molecule has 0 aliphatic carbocycles. The Hall–Kier alpha value is -3.02. The van der Waals surface area contributed by atoms with E-state index < -0.39 is 5.91 Å². The van der Waals surface area contributed by atoms with Gasteiger partial charge in [-0.3, -0.25) is 9.59 Å². The lowest BCUT2D eigenvalue weighted by Crippen LogP contribution is -2.15. The Bertz CT molecular complexity index is 1050. The summed E-state index contributed by atoms with van der Waals surface area (Å²) in [5, 5.41) is 6.25. The maximum atomic E-state index is 12.7. The third-order valence-electron chi connectivity index (χ3n) is 3.99. The van der Waals surface area contributed by atoms with Gasteiger partial charge < -0.3 is 15.4 Å². The molecule has 0 spiro atoms. The summed E-state index contributed by atoms with van der Waals surface area (Å²) >= 11 is 11.9. The van der Waals surface area contributed by atoms with Gasteiger partial charge in [0.15, 0.2) is 0 Å². The fourth-order valence-corrected chi connectivity index (χ4v) is 3.15. The summed E-state index contributed by atoms with van der Waals surface area (Å²) in [7, 11) is 0. The van der Waals surface area contributed by atoms with Gasteiger partial charge in [-0.2, -0.15) is 0 Å². The second-order valence-electron chi connectivity index (χ2n) is 6.04. The molecule has 7 heteroatoms. The van der Waals surface area contributed by atoms with E-state index in [1.165, 1.54) is 6.07 Å². The summed E-state index contributed by atoms with van der Waals surface area (Å²) in [6, 6.07) is 18.4. The molecule has 0 bridgehead atoms. The van der Waals surface area contributed by atoms with Gasteiger partial charge in [0.1, 0.15) is 5.75 Å². The van der Waals surface area contributed by atoms with Crippen LogP contribution in [0.1, 0.15) is 27.6 Å². The Balaban J connectivity index is 1.75. The van der Waals surface area contributed by atoms with Crippen molar-refractivity contribution >= 4 is 46.4 Å². The fraction of sp³-hybridized carbons (Fsp3) is 0.0909. The van der Waals surface area contributed by atoms with Crippen LogP contribution in [0.25, 0.3) is 0 Å². The predicted octanol–water partition coefficient (Wildman–Crippen LogP) is 5.90. The molecule has 29 heavy (non-hydrogen) atoms. The van der Waals surface area contributed by atoms with Crippen LogP contribution in [0.15, 0.2) is 66.7 Å². The van der Waals surface area contributed by atoms with Crippen molar-refractivity contribution in [2.75, 3.05) is 17.2 Å². The zero-order valence-electron chi connectivity index (χ0n) is 15.5. The molecule has 2 N–H and O–H groups in total. The van der Waals surface area contributed by atoms with Crippen molar-refractivity contribution in [3.63, 3.8) is 0 Å². The van der Waals surface area contributed by atoms with Crippen molar-refractivity contribution in [1.29, 1.82) is 0 Å². The monoisotopic (exact) mass is 428 g/mol. The second kappa shape index (κ2) is 9.45. The maximum absolute atomic E-state index is 12.7. The number of nitrogens with one attached hydrogen (secondary N) is 2. The van der Waals surface area contributed by atoms with E-state index in [4.69, 9.17) is 27.9 Å². The Morgan fingerprint density at radius 1 is 0.897 bits per heavy atom. The molecular weight excluding hydrogens is 411 g/mol. The SMILES string of the molecule is CCOc1ccccc1NC(=O)c1cccc(NC(=O)c2ccc(Cl)cc2Cl)c1. The first-order valence-electron chi connectivity index (χ1n) is 8.87. The summed E-state index contributed by atoms with van der Waals surface area (Å²) in [5.74, 6) is -0.131. The summed E-state index contributed by atoms with van der Waals surface area (Å²) in [4.78, 5) is 25.1. The van der Waals surface area contributed by atoms with Crippen molar-refractivity contribution < 1.29 is 14.3 Å². The lowest BCUT2D eigenvalue weighted by atomic mass is 10.1. The Morgan fingerprint density at radius 3 is 2.45 bits per heavy atom. The van der Waals surface area contributed by atoms with Crippen LogP contribution < -0.4 is 15.4 Å². The first-order valence-corrected chi connectivity index (χ1v) is 9.63. The summed E-state index contributed by atoms with van der Waals surface area (Å²) in [6.45, 7) is 2.36. The van der Waals surface area contributed by atoms with Crippen LogP contribution >= 0.6 is 23.2 Å². The standard InChI is InChI=1S/C22H18Cl2N2O3/c1-2-29-20-9-4-3-8-19(20)26-21(27)14-6-5-7-16(12-14)25-22(28)17-11-10-15(23)13-18(17)24/h3-13H,2H2,1H3,(H,25,28)(H,26,27). The van der Waals surface area contributed by atoms with E-state index in [0.717, 1.165) is 0 Å². The van der Waals surface area contributed by atoms with Gasteiger partial charge in [0.2, 0.25) is 0 Å². The Labute approximate surface area is 178 Å². The van der Waals surface area contributed by atoms with Crippen LogP contribution in [-0.4, -0.2) is 18.4 Å². The number of ether oxygens (including phenoxy) is 1.